The van der Waals surface area contributed by atoms with Crippen LogP contribution in [-0.2, 0) is 13.0 Å². The van der Waals surface area contributed by atoms with Gasteiger partial charge in [-0.1, -0.05) is 18.5 Å². The number of piperidine rings is 1. The van der Waals surface area contributed by atoms with Gasteiger partial charge in [0.25, 0.3) is 0 Å². The normalized spacial score (nSPS) is 18.0. The van der Waals surface area contributed by atoms with Crippen LogP contribution in [0.4, 0.5) is 0 Å². The van der Waals surface area contributed by atoms with Gasteiger partial charge in [0.1, 0.15) is 0 Å². The Hall–Kier alpha value is -1.43. The van der Waals surface area contributed by atoms with Crippen LogP contribution in [-0.4, -0.2) is 39.2 Å². The molecule has 2 aromatic heterocycles. The molecule has 0 saturated carbocycles. The third-order valence-corrected chi connectivity index (χ3v) is 5.40. The Kier molecular flexibility index (Phi) is 5.87. The number of nitrogens with one attached hydrogen (secondary N) is 2. The van der Waals surface area contributed by atoms with Crippen LogP contribution in [0.3, 0.4) is 0 Å². The highest BCUT2D eigenvalue weighted by atomic mass is 35.5. The quantitative estimate of drug-likeness (QED) is 0.841. The maximum atomic E-state index is 6.18. The lowest BCUT2D eigenvalue weighted by Crippen LogP contribution is -2.43. The van der Waals surface area contributed by atoms with Gasteiger partial charge < -0.3 is 5.32 Å². The lowest BCUT2D eigenvalue weighted by atomic mass is 10.0. The summed E-state index contributed by atoms with van der Waals surface area (Å²) >= 11 is 6.18. The van der Waals surface area contributed by atoms with Gasteiger partial charge >= 0.3 is 0 Å². The van der Waals surface area contributed by atoms with Gasteiger partial charge in [0.2, 0.25) is 0 Å². The van der Waals surface area contributed by atoms with Crippen molar-refractivity contribution in [2.45, 2.75) is 51.7 Å². The van der Waals surface area contributed by atoms with Crippen molar-refractivity contribution in [1.29, 1.82) is 0 Å². The molecule has 1 aliphatic heterocycles. The molecule has 1 atom stereocenters. The Morgan fingerprint density at radius 1 is 1.33 bits per heavy atom. The molecule has 0 spiro atoms. The fourth-order valence-electron chi connectivity index (χ4n) is 3.44. The summed E-state index contributed by atoms with van der Waals surface area (Å²) in [6, 6.07) is 5.22. The van der Waals surface area contributed by atoms with Crippen LogP contribution in [0.2, 0.25) is 5.15 Å². The van der Waals surface area contributed by atoms with Crippen molar-refractivity contribution in [3.05, 3.63) is 46.5 Å². The standard InChI is InChI=1S/C18H26ClN5/c1-3-17-16(18(19)23-22-17)12-21-15-6-10-24(11-7-15)13(2)14-4-8-20-9-5-14/h4-5,8-9,13,15,21H,3,6-7,10-12H2,1-2H3,(H,22,23). The molecule has 0 amide bonds. The molecule has 24 heavy (non-hydrogen) atoms. The topological polar surface area (TPSA) is 56.8 Å². The summed E-state index contributed by atoms with van der Waals surface area (Å²) in [5.74, 6) is 0. The molecule has 1 fully saturated rings. The van der Waals surface area contributed by atoms with Gasteiger partial charge in [0.15, 0.2) is 5.15 Å². The fraction of sp³-hybridized carbons (Fsp3) is 0.556. The van der Waals surface area contributed by atoms with Gasteiger partial charge in [-0.05, 0) is 43.9 Å². The van der Waals surface area contributed by atoms with Crippen molar-refractivity contribution in [2.75, 3.05) is 13.1 Å². The van der Waals surface area contributed by atoms with Crippen LogP contribution in [0.15, 0.2) is 24.5 Å². The minimum atomic E-state index is 0.448. The predicted molar refractivity (Wildman–Crippen MR) is 97.1 cm³/mol. The summed E-state index contributed by atoms with van der Waals surface area (Å²) in [5.41, 5.74) is 3.59. The molecule has 2 aromatic rings. The number of H-pyrrole nitrogens is 1. The van der Waals surface area contributed by atoms with Crippen molar-refractivity contribution >= 4 is 11.6 Å². The first-order valence-corrected chi connectivity index (χ1v) is 9.15. The third kappa shape index (κ3) is 3.97. The Balaban J connectivity index is 1.49. The molecule has 6 heteroatoms. The summed E-state index contributed by atoms with van der Waals surface area (Å²) in [6.45, 7) is 7.42. The molecular formula is C18H26ClN5. The number of rotatable bonds is 6. The number of aromatic amines is 1. The van der Waals surface area contributed by atoms with Crippen LogP contribution in [0.5, 0.6) is 0 Å². The molecule has 0 aromatic carbocycles. The van der Waals surface area contributed by atoms with E-state index >= 15 is 0 Å². The monoisotopic (exact) mass is 347 g/mol. The Morgan fingerprint density at radius 3 is 2.71 bits per heavy atom. The van der Waals surface area contributed by atoms with Gasteiger partial charge in [-0.25, -0.2) is 0 Å². The van der Waals surface area contributed by atoms with Crippen molar-refractivity contribution in [3.8, 4) is 0 Å². The number of aryl methyl sites for hydroxylation is 1. The molecule has 5 nitrogen and oxygen atoms in total. The highest BCUT2D eigenvalue weighted by Gasteiger charge is 2.23. The molecule has 0 bridgehead atoms. The molecule has 1 saturated heterocycles. The van der Waals surface area contributed by atoms with Crippen molar-refractivity contribution in [3.63, 3.8) is 0 Å². The first-order valence-electron chi connectivity index (χ1n) is 8.78. The van der Waals surface area contributed by atoms with Crippen molar-refractivity contribution in [1.82, 2.24) is 25.4 Å². The maximum absolute atomic E-state index is 6.18. The van der Waals surface area contributed by atoms with E-state index in [2.05, 4.69) is 51.4 Å². The summed E-state index contributed by atoms with van der Waals surface area (Å²) < 4.78 is 0. The van der Waals surface area contributed by atoms with E-state index in [-0.39, 0.29) is 0 Å². The fourth-order valence-corrected chi connectivity index (χ4v) is 3.66. The second kappa shape index (κ2) is 8.10. The van der Waals surface area contributed by atoms with E-state index in [1.807, 2.05) is 12.4 Å². The lowest BCUT2D eigenvalue weighted by Gasteiger charge is -2.36. The molecule has 1 aliphatic rings. The van der Waals surface area contributed by atoms with Crippen LogP contribution in [0.1, 0.15) is 49.6 Å². The van der Waals surface area contributed by atoms with E-state index in [0.717, 1.165) is 50.2 Å². The minimum Gasteiger partial charge on any atom is -0.310 e. The number of hydrogen-bond donors (Lipinski definition) is 2. The van der Waals surface area contributed by atoms with Crippen LogP contribution in [0, 0.1) is 0 Å². The SMILES string of the molecule is CCc1[nH]nc(Cl)c1CNC1CCN(C(C)c2ccncc2)CC1. The zero-order valence-electron chi connectivity index (χ0n) is 14.4. The average Bonchev–Trinajstić information content (AvgIpc) is 3.00. The minimum absolute atomic E-state index is 0.448. The van der Waals surface area contributed by atoms with Crippen LogP contribution >= 0.6 is 11.6 Å². The molecule has 0 radical (unpaired) electrons. The maximum Gasteiger partial charge on any atom is 0.155 e. The van der Waals surface area contributed by atoms with Crippen LogP contribution < -0.4 is 5.32 Å². The smallest absolute Gasteiger partial charge is 0.155 e. The second-order valence-electron chi connectivity index (χ2n) is 6.47. The van der Waals surface area contributed by atoms with E-state index in [0.29, 0.717) is 17.2 Å². The highest BCUT2D eigenvalue weighted by Crippen LogP contribution is 2.24. The molecule has 3 heterocycles. The van der Waals surface area contributed by atoms with Gasteiger partial charge in [-0.15, -0.1) is 0 Å². The van der Waals surface area contributed by atoms with Crippen LogP contribution in [0.25, 0.3) is 0 Å². The third-order valence-electron chi connectivity index (χ3n) is 5.09. The summed E-state index contributed by atoms with van der Waals surface area (Å²) in [7, 11) is 0. The molecule has 3 rings (SSSR count). The van der Waals surface area contributed by atoms with Gasteiger partial charge in [0, 0.05) is 55.4 Å². The number of likely N-dealkylation sites (tertiary alicyclic amines) is 1. The van der Waals surface area contributed by atoms with Crippen molar-refractivity contribution in [2.24, 2.45) is 0 Å². The lowest BCUT2D eigenvalue weighted by molar-refractivity contribution is 0.152. The number of hydrogen-bond acceptors (Lipinski definition) is 4. The largest absolute Gasteiger partial charge is 0.310 e. The van der Waals surface area contributed by atoms with Crippen molar-refractivity contribution < 1.29 is 0 Å². The zero-order valence-corrected chi connectivity index (χ0v) is 15.2. The Bertz CT molecular complexity index is 634. The predicted octanol–water partition coefficient (Wildman–Crippen LogP) is 3.34. The molecule has 1 unspecified atom stereocenters. The summed E-state index contributed by atoms with van der Waals surface area (Å²) in [4.78, 5) is 6.66. The average molecular weight is 348 g/mol. The number of halogens is 1. The van der Waals surface area contributed by atoms with Gasteiger partial charge in [0.05, 0.1) is 0 Å². The number of pyridine rings is 1. The molecular weight excluding hydrogens is 322 g/mol. The number of aromatic nitrogens is 3. The number of nitrogens with zero attached hydrogens (tertiary/aromatic N) is 3. The Labute approximate surface area is 148 Å². The molecule has 130 valence electrons. The Morgan fingerprint density at radius 2 is 2.04 bits per heavy atom. The zero-order chi connectivity index (χ0) is 16.9. The van der Waals surface area contributed by atoms with Gasteiger partial charge in [-0.3, -0.25) is 15.0 Å². The van der Waals surface area contributed by atoms with Gasteiger partial charge in [-0.2, -0.15) is 5.10 Å². The van der Waals surface area contributed by atoms with E-state index in [1.165, 1.54) is 5.56 Å². The summed E-state index contributed by atoms with van der Waals surface area (Å²) in [6.07, 6.45) is 7.00. The second-order valence-corrected chi connectivity index (χ2v) is 6.83. The van der Waals surface area contributed by atoms with E-state index in [1.54, 1.807) is 0 Å². The van der Waals surface area contributed by atoms with E-state index < -0.39 is 0 Å². The molecule has 0 aliphatic carbocycles. The van der Waals surface area contributed by atoms with E-state index in [4.69, 9.17) is 11.6 Å². The first kappa shape index (κ1) is 17.4. The highest BCUT2D eigenvalue weighted by molar-refractivity contribution is 6.30. The summed E-state index contributed by atoms with van der Waals surface area (Å²) in [5, 5.41) is 11.4. The first-order chi connectivity index (χ1) is 11.7. The molecule has 2 N–H and O–H groups in total. The van der Waals surface area contributed by atoms with E-state index in [9.17, 15) is 0 Å².